The highest BCUT2D eigenvalue weighted by atomic mass is 127. The summed E-state index contributed by atoms with van der Waals surface area (Å²) >= 11 is 9.67. The summed E-state index contributed by atoms with van der Waals surface area (Å²) in [6.07, 6.45) is 0. The Morgan fingerprint density at radius 1 is 1.10 bits per heavy atom. The van der Waals surface area contributed by atoms with E-state index in [9.17, 15) is 0 Å². The third-order valence-electron chi connectivity index (χ3n) is 3.20. The Morgan fingerprint density at radius 2 is 1.86 bits per heavy atom. The number of halogens is 3. The first-order valence-electron chi connectivity index (χ1n) is 6.58. The van der Waals surface area contributed by atoms with Crippen LogP contribution in [0.4, 0.5) is 0 Å². The number of nitrogens with one attached hydrogen (secondary N) is 1. The van der Waals surface area contributed by atoms with Crippen molar-refractivity contribution in [3.05, 3.63) is 60.0 Å². The van der Waals surface area contributed by atoms with Gasteiger partial charge in [0.1, 0.15) is 5.75 Å². The molecule has 0 aliphatic heterocycles. The van der Waals surface area contributed by atoms with Crippen molar-refractivity contribution in [3.63, 3.8) is 0 Å². The number of benzene rings is 2. The quantitative estimate of drug-likeness (QED) is 0.520. The van der Waals surface area contributed by atoms with Crippen LogP contribution in [-0.2, 0) is 0 Å². The van der Waals surface area contributed by atoms with Crippen molar-refractivity contribution in [2.24, 2.45) is 0 Å². The van der Waals surface area contributed by atoms with Gasteiger partial charge >= 0.3 is 0 Å². The van der Waals surface area contributed by atoms with Gasteiger partial charge in [0.25, 0.3) is 0 Å². The maximum Gasteiger partial charge on any atom is 0.120 e. The largest absolute Gasteiger partial charge is 0.497 e. The molecule has 0 fully saturated rings. The van der Waals surface area contributed by atoms with Crippen LogP contribution in [0.25, 0.3) is 0 Å². The molecular weight excluding hydrogens is 509 g/mol. The van der Waals surface area contributed by atoms with Crippen molar-refractivity contribution >= 4 is 54.5 Å². The molecule has 1 atom stereocenters. The predicted octanol–water partition coefficient (Wildman–Crippen LogP) is 5.52. The summed E-state index contributed by atoms with van der Waals surface area (Å²) < 4.78 is 8.65. The van der Waals surface area contributed by atoms with Crippen LogP contribution in [0.3, 0.4) is 0 Å². The molecule has 0 saturated carbocycles. The fourth-order valence-corrected chi connectivity index (χ4v) is 3.77. The van der Waals surface area contributed by atoms with Crippen molar-refractivity contribution in [1.82, 2.24) is 5.32 Å². The Morgan fingerprint density at radius 3 is 2.48 bits per heavy atom. The summed E-state index contributed by atoms with van der Waals surface area (Å²) in [5, 5.41) is 3.56. The van der Waals surface area contributed by atoms with Gasteiger partial charge in [-0.15, -0.1) is 0 Å². The molecule has 0 radical (unpaired) electrons. The zero-order valence-electron chi connectivity index (χ0n) is 11.8. The molecule has 5 heteroatoms. The first-order chi connectivity index (χ1) is 10.1. The van der Waals surface area contributed by atoms with E-state index in [0.29, 0.717) is 0 Å². The van der Waals surface area contributed by atoms with Crippen LogP contribution in [0.1, 0.15) is 24.1 Å². The van der Waals surface area contributed by atoms with Gasteiger partial charge in [-0.05, 0) is 70.6 Å². The highest BCUT2D eigenvalue weighted by Gasteiger charge is 2.19. The average Bonchev–Trinajstić information content (AvgIpc) is 2.48. The van der Waals surface area contributed by atoms with Gasteiger partial charge in [-0.25, -0.2) is 0 Å². The first-order valence-corrected chi connectivity index (χ1v) is 9.25. The molecule has 1 N–H and O–H groups in total. The van der Waals surface area contributed by atoms with E-state index in [4.69, 9.17) is 4.74 Å². The van der Waals surface area contributed by atoms with E-state index in [-0.39, 0.29) is 6.04 Å². The Labute approximate surface area is 156 Å². The number of hydrogen-bond acceptors (Lipinski definition) is 2. The molecule has 21 heavy (non-hydrogen) atoms. The standard InChI is InChI=1S/C16H16Br2INO/c1-3-20-16(13-8-10(19)4-7-14(13)17)12-6-5-11(21-2)9-15(12)18/h4-9,16,20H,3H2,1-2H3. The van der Waals surface area contributed by atoms with Crippen LogP contribution < -0.4 is 10.1 Å². The zero-order valence-corrected chi connectivity index (χ0v) is 17.1. The van der Waals surface area contributed by atoms with Gasteiger partial charge in [0.15, 0.2) is 0 Å². The highest BCUT2D eigenvalue weighted by molar-refractivity contribution is 14.1. The predicted molar refractivity (Wildman–Crippen MR) is 103 cm³/mol. The SMILES string of the molecule is CCNC(c1ccc(OC)cc1Br)c1cc(I)ccc1Br. The topological polar surface area (TPSA) is 21.3 Å². The van der Waals surface area contributed by atoms with Gasteiger partial charge in [-0.1, -0.05) is 44.8 Å². The summed E-state index contributed by atoms with van der Waals surface area (Å²) in [5.41, 5.74) is 2.43. The maximum atomic E-state index is 5.28. The number of ether oxygens (including phenoxy) is 1. The second kappa shape index (κ2) is 7.94. The number of methoxy groups -OCH3 is 1. The molecule has 0 spiro atoms. The summed E-state index contributed by atoms with van der Waals surface area (Å²) in [4.78, 5) is 0. The molecule has 2 nitrogen and oxygen atoms in total. The minimum absolute atomic E-state index is 0.124. The molecular formula is C16H16Br2INO. The third kappa shape index (κ3) is 4.21. The Balaban J connectivity index is 2.50. The number of hydrogen-bond donors (Lipinski definition) is 1. The van der Waals surface area contributed by atoms with Crippen molar-refractivity contribution in [2.45, 2.75) is 13.0 Å². The molecule has 112 valence electrons. The summed E-state index contributed by atoms with van der Waals surface area (Å²) in [6.45, 7) is 3.01. The molecule has 2 aromatic rings. The monoisotopic (exact) mass is 523 g/mol. The third-order valence-corrected chi connectivity index (χ3v) is 5.28. The lowest BCUT2D eigenvalue weighted by atomic mass is 9.98. The Bertz CT molecular complexity index is 634. The van der Waals surface area contributed by atoms with Gasteiger partial charge in [0.2, 0.25) is 0 Å². The maximum absolute atomic E-state index is 5.28. The first kappa shape index (κ1) is 17.2. The van der Waals surface area contributed by atoms with E-state index in [1.54, 1.807) is 7.11 Å². The van der Waals surface area contributed by atoms with E-state index in [1.165, 1.54) is 14.7 Å². The molecule has 0 aromatic heterocycles. The lowest BCUT2D eigenvalue weighted by Crippen LogP contribution is -2.23. The van der Waals surface area contributed by atoms with Crippen LogP contribution in [0.15, 0.2) is 45.3 Å². The van der Waals surface area contributed by atoms with Crippen LogP contribution >= 0.6 is 54.5 Å². The lowest BCUT2D eigenvalue weighted by Gasteiger charge is -2.22. The van der Waals surface area contributed by atoms with Crippen LogP contribution in [0, 0.1) is 3.57 Å². The molecule has 0 heterocycles. The lowest BCUT2D eigenvalue weighted by molar-refractivity contribution is 0.414. The molecule has 1 unspecified atom stereocenters. The molecule has 2 rings (SSSR count). The molecule has 0 saturated heterocycles. The second-order valence-corrected chi connectivity index (χ2v) is 7.50. The fourth-order valence-electron chi connectivity index (χ4n) is 2.20. The number of rotatable bonds is 5. The van der Waals surface area contributed by atoms with E-state index in [1.807, 2.05) is 12.1 Å². The van der Waals surface area contributed by atoms with Gasteiger partial charge in [-0.2, -0.15) is 0 Å². The molecule has 2 aromatic carbocycles. The van der Waals surface area contributed by atoms with Crippen LogP contribution in [-0.4, -0.2) is 13.7 Å². The Kier molecular flexibility index (Phi) is 6.52. The zero-order chi connectivity index (χ0) is 15.4. The van der Waals surface area contributed by atoms with Gasteiger partial charge in [-0.3, -0.25) is 0 Å². The van der Waals surface area contributed by atoms with E-state index >= 15 is 0 Å². The molecule has 0 bridgehead atoms. The minimum Gasteiger partial charge on any atom is -0.497 e. The van der Waals surface area contributed by atoms with E-state index < -0.39 is 0 Å². The molecule has 0 aliphatic rings. The molecule has 0 aliphatic carbocycles. The second-order valence-electron chi connectivity index (χ2n) is 4.54. The summed E-state index contributed by atoms with van der Waals surface area (Å²) in [7, 11) is 1.68. The molecule has 0 amide bonds. The normalized spacial score (nSPS) is 12.2. The highest BCUT2D eigenvalue weighted by Crippen LogP contribution is 2.35. The van der Waals surface area contributed by atoms with E-state index in [0.717, 1.165) is 21.2 Å². The van der Waals surface area contributed by atoms with Crippen molar-refractivity contribution < 1.29 is 4.74 Å². The van der Waals surface area contributed by atoms with Crippen molar-refractivity contribution in [2.75, 3.05) is 13.7 Å². The fraction of sp³-hybridized carbons (Fsp3) is 0.250. The van der Waals surface area contributed by atoms with Crippen molar-refractivity contribution in [3.8, 4) is 5.75 Å². The minimum atomic E-state index is 0.124. The average molecular weight is 525 g/mol. The van der Waals surface area contributed by atoms with Crippen molar-refractivity contribution in [1.29, 1.82) is 0 Å². The summed E-state index contributed by atoms with van der Waals surface area (Å²) in [5.74, 6) is 0.850. The van der Waals surface area contributed by atoms with Gasteiger partial charge in [0.05, 0.1) is 13.2 Å². The summed E-state index contributed by atoms with van der Waals surface area (Å²) in [6, 6.07) is 12.6. The van der Waals surface area contributed by atoms with E-state index in [2.05, 4.69) is 91.0 Å². The smallest absolute Gasteiger partial charge is 0.120 e. The van der Waals surface area contributed by atoms with Crippen LogP contribution in [0.5, 0.6) is 5.75 Å². The Hall–Kier alpha value is -0.110. The van der Waals surface area contributed by atoms with Crippen LogP contribution in [0.2, 0.25) is 0 Å². The van der Waals surface area contributed by atoms with Gasteiger partial charge in [0, 0.05) is 12.5 Å². The van der Waals surface area contributed by atoms with Gasteiger partial charge < -0.3 is 10.1 Å².